The van der Waals surface area contributed by atoms with E-state index in [0.29, 0.717) is 36.1 Å². The van der Waals surface area contributed by atoms with Crippen LogP contribution in [0.2, 0.25) is 25.7 Å². The maximum atomic E-state index is 13.0. The number of aryl methyl sites for hydroxylation is 4. The predicted octanol–water partition coefficient (Wildman–Crippen LogP) is 12.4. The summed E-state index contributed by atoms with van der Waals surface area (Å²) in [6.07, 6.45) is 23.0. The van der Waals surface area contributed by atoms with E-state index in [4.69, 9.17) is 23.7 Å². The Labute approximate surface area is 409 Å². The molecule has 376 valence electrons. The van der Waals surface area contributed by atoms with Crippen LogP contribution in [0.3, 0.4) is 0 Å². The molecule has 2 heterocycles. The van der Waals surface area contributed by atoms with E-state index >= 15 is 0 Å². The number of rotatable bonds is 17. The molecule has 4 fully saturated rings. The summed E-state index contributed by atoms with van der Waals surface area (Å²) < 4.78 is 30.6. The molecule has 4 aliphatic rings. The van der Waals surface area contributed by atoms with Crippen LogP contribution in [0.5, 0.6) is 0 Å². The van der Waals surface area contributed by atoms with Crippen LogP contribution in [-0.2, 0) is 23.7 Å². The van der Waals surface area contributed by atoms with Crippen molar-refractivity contribution in [2.24, 2.45) is 23.7 Å². The maximum absolute atomic E-state index is 13.0. The van der Waals surface area contributed by atoms with Gasteiger partial charge in [0.2, 0.25) is 0 Å². The highest BCUT2D eigenvalue weighted by Gasteiger charge is 2.44. The topological polar surface area (TPSA) is 141 Å². The van der Waals surface area contributed by atoms with Crippen molar-refractivity contribution in [2.45, 2.75) is 194 Å². The van der Waals surface area contributed by atoms with E-state index < -0.39 is 25.6 Å². The fourth-order valence-corrected chi connectivity index (χ4v) is 11.0. The van der Waals surface area contributed by atoms with E-state index in [-0.39, 0.29) is 66.3 Å². The fraction of sp³-hybridized carbons (Fsp3) is 0.614. The molecule has 2 saturated heterocycles. The SMILES string of the molecule is Cc1cc(C)c(C(=O)O)c(/C=C/C[C@@H]2OC(C)(C)O[C@@H]2C(C)/C=C\C2CCCC2O)c1.Cc1cc(C)c(C(=O)OCC[Si](C)(C)C)c(/C=C/C[C@@H]2OC(C)(C)O[C@@H]2C(C)/C=C\C2CCCC2O)c1. The molecule has 11 heteroatoms. The number of carbonyl (C=O) groups excluding carboxylic acids is 1. The van der Waals surface area contributed by atoms with Crippen molar-refractivity contribution in [3.8, 4) is 0 Å². The smallest absolute Gasteiger partial charge is 0.338 e. The summed E-state index contributed by atoms with van der Waals surface area (Å²) in [5.74, 6) is -1.70. The largest absolute Gasteiger partial charge is 0.478 e. The maximum Gasteiger partial charge on any atom is 0.338 e. The Morgan fingerprint density at radius 3 is 1.51 bits per heavy atom. The van der Waals surface area contributed by atoms with Gasteiger partial charge in [-0.15, -0.1) is 0 Å². The van der Waals surface area contributed by atoms with E-state index in [1.54, 1.807) is 0 Å². The second-order valence-electron chi connectivity index (χ2n) is 22.2. The molecule has 68 heavy (non-hydrogen) atoms. The number of ether oxygens (including phenoxy) is 5. The quantitative estimate of drug-likeness (QED) is 0.0797. The number of carbonyl (C=O) groups is 2. The molecule has 0 amide bonds. The molecule has 2 aromatic carbocycles. The van der Waals surface area contributed by atoms with Gasteiger partial charge in [0.1, 0.15) is 0 Å². The molecule has 0 radical (unpaired) electrons. The third-order valence-corrected chi connectivity index (χ3v) is 15.4. The molecular weight excluding hydrogens is 873 g/mol. The lowest BCUT2D eigenvalue weighted by Gasteiger charge is -2.21. The first-order valence-corrected chi connectivity index (χ1v) is 28.9. The Kier molecular flexibility index (Phi) is 19.5. The van der Waals surface area contributed by atoms with Crippen LogP contribution in [0, 0.1) is 51.4 Å². The Hall–Kier alpha value is -3.68. The van der Waals surface area contributed by atoms with Crippen LogP contribution in [0.4, 0.5) is 0 Å². The number of aromatic carboxylic acids is 1. The average molecular weight is 957 g/mol. The summed E-state index contributed by atoms with van der Waals surface area (Å²) >= 11 is 0. The van der Waals surface area contributed by atoms with E-state index in [9.17, 15) is 24.9 Å². The van der Waals surface area contributed by atoms with Crippen LogP contribution in [0.1, 0.15) is 147 Å². The normalized spacial score (nSPS) is 27.9. The molecule has 2 aliphatic heterocycles. The van der Waals surface area contributed by atoms with Gasteiger partial charge in [-0.3, -0.25) is 0 Å². The molecule has 0 bridgehead atoms. The summed E-state index contributed by atoms with van der Waals surface area (Å²) in [6.45, 7) is 27.2. The first-order chi connectivity index (χ1) is 31.8. The van der Waals surface area contributed by atoms with Crippen LogP contribution >= 0.6 is 0 Å². The highest BCUT2D eigenvalue weighted by molar-refractivity contribution is 6.76. The van der Waals surface area contributed by atoms with E-state index in [2.05, 4.69) is 63.9 Å². The van der Waals surface area contributed by atoms with Gasteiger partial charge in [0, 0.05) is 31.7 Å². The highest BCUT2D eigenvalue weighted by Crippen LogP contribution is 2.38. The van der Waals surface area contributed by atoms with Gasteiger partial charge in [-0.2, -0.15) is 0 Å². The van der Waals surface area contributed by atoms with Crippen LogP contribution < -0.4 is 0 Å². The summed E-state index contributed by atoms with van der Waals surface area (Å²) in [7, 11) is -1.28. The van der Waals surface area contributed by atoms with Gasteiger partial charge < -0.3 is 39.0 Å². The second-order valence-corrected chi connectivity index (χ2v) is 27.8. The van der Waals surface area contributed by atoms with Crippen molar-refractivity contribution in [3.05, 3.63) is 105 Å². The van der Waals surface area contributed by atoms with Crippen molar-refractivity contribution in [1.82, 2.24) is 0 Å². The molecule has 6 unspecified atom stereocenters. The third-order valence-electron chi connectivity index (χ3n) is 13.7. The fourth-order valence-electron chi connectivity index (χ4n) is 10.2. The second kappa shape index (κ2) is 24.0. The summed E-state index contributed by atoms with van der Waals surface area (Å²) in [6, 6.07) is 8.83. The van der Waals surface area contributed by atoms with Crippen molar-refractivity contribution >= 4 is 32.2 Å². The molecule has 2 saturated carbocycles. The summed E-state index contributed by atoms with van der Waals surface area (Å²) in [5, 5.41) is 29.8. The van der Waals surface area contributed by atoms with E-state index in [1.807, 2.05) is 97.9 Å². The van der Waals surface area contributed by atoms with E-state index in [1.165, 1.54) is 0 Å². The molecule has 3 N–H and O–H groups in total. The number of aliphatic hydroxyl groups is 2. The predicted molar refractivity (Wildman–Crippen MR) is 275 cm³/mol. The average Bonchev–Trinajstić information content (AvgIpc) is 3.99. The van der Waals surface area contributed by atoms with Gasteiger partial charge in [-0.05, 0) is 122 Å². The Morgan fingerprint density at radius 1 is 0.691 bits per heavy atom. The Balaban J connectivity index is 0.000000258. The monoisotopic (exact) mass is 957 g/mol. The number of benzene rings is 2. The number of aliphatic hydroxyl groups excluding tert-OH is 2. The molecule has 0 aromatic heterocycles. The lowest BCUT2D eigenvalue weighted by molar-refractivity contribution is -0.148. The van der Waals surface area contributed by atoms with Gasteiger partial charge in [-0.1, -0.05) is 130 Å². The summed E-state index contributed by atoms with van der Waals surface area (Å²) in [4.78, 5) is 24.7. The molecule has 0 spiro atoms. The molecule has 10 nitrogen and oxygen atoms in total. The Bertz CT molecular complexity index is 2140. The lowest BCUT2D eigenvalue weighted by atomic mass is 9.94. The zero-order valence-corrected chi connectivity index (χ0v) is 44.5. The minimum absolute atomic E-state index is 0.0836. The van der Waals surface area contributed by atoms with Gasteiger partial charge in [0.15, 0.2) is 11.6 Å². The molecular formula is C57H84O10Si. The minimum Gasteiger partial charge on any atom is -0.478 e. The van der Waals surface area contributed by atoms with Crippen LogP contribution in [-0.4, -0.2) is 90.1 Å². The van der Waals surface area contributed by atoms with Crippen LogP contribution in [0.15, 0.2) is 60.7 Å². The molecule has 2 aromatic rings. The number of esters is 1. The number of hydrogen-bond donors (Lipinski definition) is 3. The first-order valence-electron chi connectivity index (χ1n) is 25.2. The van der Waals surface area contributed by atoms with Gasteiger partial charge in [0.05, 0.1) is 54.4 Å². The lowest BCUT2D eigenvalue weighted by Crippen LogP contribution is -2.28. The van der Waals surface area contributed by atoms with Crippen molar-refractivity contribution in [2.75, 3.05) is 6.61 Å². The van der Waals surface area contributed by atoms with Crippen molar-refractivity contribution in [1.29, 1.82) is 0 Å². The van der Waals surface area contributed by atoms with Gasteiger partial charge in [-0.25, -0.2) is 9.59 Å². The first kappa shape index (κ1) is 55.2. The standard InChI is InChI=1S/C31H48O5Si.C26H36O5/c1-21-19-23(3)28(30(33)34-17-18-37(6,7)8)25(20-21)12-10-14-27-29(36-31(4,5)35-27)22(2)15-16-24-11-9-13-26(24)32;1-16-14-18(3)23(25(28)29)20(15-16)9-7-11-22-24(31-26(4,5)30-22)17(2)12-13-19-8-6-10-21(19)27/h10,12,15-16,19-20,22,24,26-27,29,32H,9,11,13-14,17-18H2,1-8H3;7,9,12-15,17,19,21-22,24,27H,6,8,10-11H2,1-5H3,(H,28,29)/b12-10+,16-15-;9-7+,13-12-/t22?,24?,26?,27-,29+;17?,19?,21?,22-,24+/m00/s1. The number of hydrogen-bond acceptors (Lipinski definition) is 9. The molecule has 10 atom stereocenters. The van der Waals surface area contributed by atoms with Crippen molar-refractivity contribution < 1.29 is 48.6 Å². The Morgan fingerprint density at radius 2 is 1.12 bits per heavy atom. The summed E-state index contributed by atoms with van der Waals surface area (Å²) in [5.41, 5.74) is 6.43. The van der Waals surface area contributed by atoms with Crippen LogP contribution in [0.25, 0.3) is 12.2 Å². The number of carboxylic acid groups (broad SMARTS) is 1. The molecule has 6 rings (SSSR count). The zero-order valence-electron chi connectivity index (χ0n) is 43.5. The number of carboxylic acids is 1. The van der Waals surface area contributed by atoms with Gasteiger partial charge >= 0.3 is 11.9 Å². The van der Waals surface area contributed by atoms with Gasteiger partial charge in [0.25, 0.3) is 0 Å². The molecule has 2 aliphatic carbocycles. The van der Waals surface area contributed by atoms with E-state index in [0.717, 1.165) is 72.4 Å². The zero-order chi connectivity index (χ0) is 50.1. The van der Waals surface area contributed by atoms with Crippen molar-refractivity contribution in [3.63, 3.8) is 0 Å². The highest BCUT2D eigenvalue weighted by atomic mass is 28.3. The third kappa shape index (κ3) is 15.9. The minimum atomic E-state index is -1.28.